The summed E-state index contributed by atoms with van der Waals surface area (Å²) < 4.78 is 38.8. The number of para-hydroxylation sites is 1. The van der Waals surface area contributed by atoms with Crippen LogP contribution < -0.4 is 19.8 Å². The summed E-state index contributed by atoms with van der Waals surface area (Å²) in [5.41, 5.74) is 2.16. The van der Waals surface area contributed by atoms with Crippen LogP contribution in [0.2, 0.25) is 0 Å². The highest BCUT2D eigenvalue weighted by Gasteiger charge is 2.37. The van der Waals surface area contributed by atoms with Crippen LogP contribution in [-0.4, -0.2) is 26.4 Å². The molecule has 10 heteroatoms. The van der Waals surface area contributed by atoms with Crippen LogP contribution in [0, 0.1) is 5.82 Å². The predicted molar refractivity (Wildman–Crippen MR) is 132 cm³/mol. The lowest BCUT2D eigenvalue weighted by atomic mass is 9.84. The van der Waals surface area contributed by atoms with Crippen molar-refractivity contribution in [2.24, 2.45) is 0 Å². The lowest BCUT2D eigenvalue weighted by molar-refractivity contribution is 0.174. The van der Waals surface area contributed by atoms with Crippen LogP contribution in [0.4, 0.5) is 4.39 Å². The van der Waals surface area contributed by atoms with E-state index in [1.54, 1.807) is 42.5 Å². The van der Waals surface area contributed by atoms with Gasteiger partial charge in [0.15, 0.2) is 28.7 Å². The first kappa shape index (κ1) is 20.9. The molecule has 0 aliphatic carbocycles. The zero-order valence-corrected chi connectivity index (χ0v) is 19.4. The van der Waals surface area contributed by atoms with Gasteiger partial charge in [-0.05, 0) is 48.0 Å². The van der Waals surface area contributed by atoms with Gasteiger partial charge in [-0.2, -0.15) is 0 Å². The number of nitrogens with zero attached hydrogens (tertiary/aromatic N) is 4. The van der Waals surface area contributed by atoms with Gasteiger partial charge in [0.05, 0.1) is 22.4 Å². The Balaban J connectivity index is 1.40. The average Bonchev–Trinajstić information content (AvgIpc) is 3.59. The number of ether oxygens (including phenoxy) is 3. The minimum Gasteiger partial charge on any atom is -0.454 e. The molecule has 5 heterocycles. The smallest absolute Gasteiger partial charge is 0.344 e. The molecule has 38 heavy (non-hydrogen) atoms. The summed E-state index contributed by atoms with van der Waals surface area (Å²) in [5, 5.41) is 5.22. The van der Waals surface area contributed by atoms with Gasteiger partial charge in [-0.3, -0.25) is 0 Å². The summed E-state index contributed by atoms with van der Waals surface area (Å²) in [6, 6.07) is 18.6. The normalized spacial score (nSPS) is 15.3. The predicted octanol–water partition coefficient (Wildman–Crippen LogP) is 5.05. The number of aromatic nitrogens is 4. The van der Waals surface area contributed by atoms with Crippen LogP contribution in [0.3, 0.4) is 0 Å². The summed E-state index contributed by atoms with van der Waals surface area (Å²) in [7, 11) is 0. The third-order valence-electron chi connectivity index (χ3n) is 6.77. The van der Waals surface area contributed by atoms with Crippen LogP contribution in [0.1, 0.15) is 22.6 Å². The van der Waals surface area contributed by atoms with Gasteiger partial charge in [-0.15, -0.1) is 5.10 Å². The van der Waals surface area contributed by atoms with Gasteiger partial charge in [0, 0.05) is 5.56 Å². The molecule has 1 unspecified atom stereocenters. The van der Waals surface area contributed by atoms with Crippen LogP contribution >= 0.6 is 0 Å². The Morgan fingerprint density at radius 3 is 2.76 bits per heavy atom. The Morgan fingerprint density at radius 2 is 1.84 bits per heavy atom. The molecule has 0 radical (unpaired) electrons. The SMILES string of the molecule is O=c1oc2ccccc2c2c1C(c1cccc(F)c1)c1c(ncn3nc(-c4ccc5c(c4)OCO5)nc13)O2. The second-order valence-corrected chi connectivity index (χ2v) is 8.95. The van der Waals surface area contributed by atoms with Gasteiger partial charge >= 0.3 is 5.63 Å². The summed E-state index contributed by atoms with van der Waals surface area (Å²) in [6.07, 6.45) is 1.50. The third-order valence-corrected chi connectivity index (χ3v) is 6.77. The highest BCUT2D eigenvalue weighted by Crippen LogP contribution is 2.49. The molecule has 2 aliphatic rings. The molecule has 1 atom stereocenters. The number of hydrogen-bond acceptors (Lipinski definition) is 8. The van der Waals surface area contributed by atoms with E-state index >= 15 is 0 Å². The number of rotatable bonds is 2. The van der Waals surface area contributed by atoms with Gasteiger partial charge in [0.2, 0.25) is 12.7 Å². The Labute approximate surface area is 212 Å². The fraction of sp³-hybridized carbons (Fsp3) is 0.0714. The molecule has 6 aromatic rings. The van der Waals surface area contributed by atoms with E-state index in [1.807, 2.05) is 12.1 Å². The quantitative estimate of drug-likeness (QED) is 0.300. The summed E-state index contributed by atoms with van der Waals surface area (Å²) in [5.74, 6) is 1.02. The lowest BCUT2D eigenvalue weighted by Gasteiger charge is -2.27. The molecule has 9 nitrogen and oxygen atoms in total. The Hall–Kier alpha value is -5.25. The number of benzene rings is 3. The van der Waals surface area contributed by atoms with Crippen molar-refractivity contribution in [3.63, 3.8) is 0 Å². The van der Waals surface area contributed by atoms with Crippen LogP contribution in [0.25, 0.3) is 28.0 Å². The fourth-order valence-corrected chi connectivity index (χ4v) is 5.11. The van der Waals surface area contributed by atoms with Gasteiger partial charge in [-0.25, -0.2) is 23.7 Å². The number of hydrogen-bond donors (Lipinski definition) is 0. The molecule has 0 fully saturated rings. The topological polar surface area (TPSA) is 101 Å². The number of fused-ring (bicyclic) bond motifs is 7. The zero-order valence-electron chi connectivity index (χ0n) is 19.4. The molecule has 8 rings (SSSR count). The van der Waals surface area contributed by atoms with E-state index < -0.39 is 17.4 Å². The van der Waals surface area contributed by atoms with Crippen LogP contribution in [0.5, 0.6) is 23.1 Å². The molecule has 0 bridgehead atoms. The first-order valence-corrected chi connectivity index (χ1v) is 11.8. The van der Waals surface area contributed by atoms with E-state index in [0.29, 0.717) is 56.4 Å². The molecular weight excluding hydrogens is 491 g/mol. The molecule has 3 aromatic heterocycles. The summed E-state index contributed by atoms with van der Waals surface area (Å²) in [4.78, 5) is 22.7. The first-order chi connectivity index (χ1) is 18.6. The van der Waals surface area contributed by atoms with Crippen LogP contribution in [0.15, 0.2) is 82.3 Å². The first-order valence-electron chi connectivity index (χ1n) is 11.8. The Morgan fingerprint density at radius 1 is 0.947 bits per heavy atom. The van der Waals surface area contributed by atoms with Gasteiger partial charge in [-0.1, -0.05) is 24.3 Å². The van der Waals surface area contributed by atoms with E-state index in [2.05, 4.69) is 10.1 Å². The van der Waals surface area contributed by atoms with E-state index in [-0.39, 0.29) is 18.2 Å². The van der Waals surface area contributed by atoms with E-state index in [4.69, 9.17) is 23.6 Å². The average molecular weight is 506 g/mol. The maximum Gasteiger partial charge on any atom is 0.344 e. The molecular formula is C28H15FN4O5. The van der Waals surface area contributed by atoms with Gasteiger partial charge in [0.1, 0.15) is 17.7 Å². The van der Waals surface area contributed by atoms with E-state index in [1.165, 1.54) is 23.0 Å². The number of halogens is 1. The van der Waals surface area contributed by atoms with Gasteiger partial charge in [0.25, 0.3) is 0 Å². The third kappa shape index (κ3) is 2.97. The molecule has 0 spiro atoms. The largest absolute Gasteiger partial charge is 0.454 e. The minimum atomic E-state index is -0.768. The molecule has 2 aliphatic heterocycles. The molecule has 0 N–H and O–H groups in total. The van der Waals surface area contributed by atoms with Crippen molar-refractivity contribution >= 4 is 16.6 Å². The fourth-order valence-electron chi connectivity index (χ4n) is 5.11. The molecule has 0 saturated heterocycles. The van der Waals surface area contributed by atoms with Crippen molar-refractivity contribution in [1.29, 1.82) is 0 Å². The van der Waals surface area contributed by atoms with Crippen molar-refractivity contribution in [2.45, 2.75) is 5.92 Å². The van der Waals surface area contributed by atoms with Crippen LogP contribution in [-0.2, 0) is 0 Å². The molecule has 3 aromatic carbocycles. The van der Waals surface area contributed by atoms with Crippen molar-refractivity contribution < 1.29 is 23.0 Å². The van der Waals surface area contributed by atoms with Crippen molar-refractivity contribution in [3.05, 3.63) is 106 Å². The lowest BCUT2D eigenvalue weighted by Crippen LogP contribution is -2.22. The molecule has 184 valence electrons. The summed E-state index contributed by atoms with van der Waals surface area (Å²) >= 11 is 0. The maximum atomic E-state index is 14.5. The van der Waals surface area contributed by atoms with E-state index in [9.17, 15) is 9.18 Å². The zero-order chi connectivity index (χ0) is 25.4. The molecule has 0 amide bonds. The van der Waals surface area contributed by atoms with Gasteiger partial charge < -0.3 is 18.6 Å². The van der Waals surface area contributed by atoms with Crippen molar-refractivity contribution in [1.82, 2.24) is 19.6 Å². The van der Waals surface area contributed by atoms with Crippen molar-refractivity contribution in [3.8, 4) is 34.5 Å². The Bertz CT molecular complexity index is 2000. The minimum absolute atomic E-state index is 0.151. The molecule has 0 saturated carbocycles. The standard InChI is InChI=1S/C28H15FN4O5/c29-16-5-3-4-14(10-16)21-22-24(17-6-1-2-7-18(17)37-28(22)34)38-27-23(21)26-31-25(32-33(26)12-30-27)15-8-9-19-20(11-15)36-13-35-19/h1-12,21H,13H2. The monoisotopic (exact) mass is 506 g/mol. The Kier molecular flexibility index (Phi) is 4.19. The van der Waals surface area contributed by atoms with E-state index in [0.717, 1.165) is 0 Å². The second kappa shape index (κ2) is 7.62. The second-order valence-electron chi connectivity index (χ2n) is 8.95. The van der Waals surface area contributed by atoms with Crippen molar-refractivity contribution in [2.75, 3.05) is 6.79 Å². The summed E-state index contributed by atoms with van der Waals surface area (Å²) in [6.45, 7) is 0.151. The highest BCUT2D eigenvalue weighted by molar-refractivity contribution is 5.87. The highest BCUT2D eigenvalue weighted by atomic mass is 19.1. The maximum absolute atomic E-state index is 14.5.